The van der Waals surface area contributed by atoms with Gasteiger partial charge in [-0.2, -0.15) is 17.0 Å². The lowest BCUT2D eigenvalue weighted by atomic mass is 9.80. The van der Waals surface area contributed by atoms with Gasteiger partial charge in [-0.15, -0.1) is 0 Å². The maximum absolute atomic E-state index is 12.2. The molecule has 2 aliphatic heterocycles. The van der Waals surface area contributed by atoms with Crippen molar-refractivity contribution in [3.05, 3.63) is 29.6 Å². The maximum atomic E-state index is 12.2. The quantitative estimate of drug-likeness (QED) is 0.675. The molecule has 140 valence electrons. The summed E-state index contributed by atoms with van der Waals surface area (Å²) < 4.78 is 38.8. The second-order valence-electron chi connectivity index (χ2n) is 7.07. The van der Waals surface area contributed by atoms with Crippen LogP contribution in [0.3, 0.4) is 0 Å². The summed E-state index contributed by atoms with van der Waals surface area (Å²) in [5.41, 5.74) is 1.60. The highest BCUT2D eigenvalue weighted by Gasteiger charge is 2.56. The van der Waals surface area contributed by atoms with Gasteiger partial charge in [0.1, 0.15) is 0 Å². The van der Waals surface area contributed by atoms with E-state index in [1.807, 2.05) is 25.1 Å². The van der Waals surface area contributed by atoms with E-state index in [1.54, 1.807) is 14.1 Å². The third kappa shape index (κ3) is 3.88. The Bertz CT molecular complexity index is 702. The summed E-state index contributed by atoms with van der Waals surface area (Å²) in [6.07, 6.45) is 1.84. The first-order valence-corrected chi connectivity index (χ1v) is 10.0. The zero-order valence-corrected chi connectivity index (χ0v) is 16.0. The van der Waals surface area contributed by atoms with Crippen molar-refractivity contribution in [1.82, 2.24) is 13.6 Å². The predicted molar refractivity (Wildman–Crippen MR) is 94.2 cm³/mol. The van der Waals surface area contributed by atoms with E-state index >= 15 is 0 Å². The van der Waals surface area contributed by atoms with Gasteiger partial charge in [0.25, 0.3) is 10.2 Å². The van der Waals surface area contributed by atoms with Crippen molar-refractivity contribution in [2.24, 2.45) is 5.92 Å². The Hall–Kier alpha value is -1.06. The summed E-state index contributed by atoms with van der Waals surface area (Å²) in [7, 11) is -0.233. The van der Waals surface area contributed by atoms with Gasteiger partial charge in [-0.25, -0.2) is 0 Å². The van der Waals surface area contributed by atoms with Crippen LogP contribution in [0.5, 0.6) is 0 Å². The summed E-state index contributed by atoms with van der Waals surface area (Å²) >= 11 is 0. The van der Waals surface area contributed by atoms with E-state index in [1.165, 1.54) is 8.61 Å². The largest absolute Gasteiger partial charge is 0.375 e. The van der Waals surface area contributed by atoms with E-state index in [4.69, 9.17) is 9.47 Å². The minimum absolute atomic E-state index is 0.325. The number of pyridine rings is 1. The molecule has 7 nitrogen and oxygen atoms in total. The van der Waals surface area contributed by atoms with Crippen LogP contribution < -0.4 is 0 Å². The minimum atomic E-state index is -3.35. The Labute approximate surface area is 150 Å². The van der Waals surface area contributed by atoms with Gasteiger partial charge in [0.05, 0.1) is 17.9 Å². The monoisotopic (exact) mass is 369 g/mol. The maximum Gasteiger partial charge on any atom is 0.281 e. The van der Waals surface area contributed by atoms with Gasteiger partial charge in [0.15, 0.2) is 0 Å². The van der Waals surface area contributed by atoms with Crippen LogP contribution in [0.2, 0.25) is 0 Å². The van der Waals surface area contributed by atoms with Gasteiger partial charge >= 0.3 is 0 Å². The van der Waals surface area contributed by atoms with Crippen LogP contribution in [-0.2, 0) is 26.3 Å². The highest BCUT2D eigenvalue weighted by Crippen LogP contribution is 2.42. The molecule has 0 saturated carbocycles. The Balaban J connectivity index is 1.47. The molecule has 25 heavy (non-hydrogen) atoms. The van der Waals surface area contributed by atoms with E-state index in [0.717, 1.165) is 24.2 Å². The van der Waals surface area contributed by atoms with Gasteiger partial charge in [-0.1, -0.05) is 6.07 Å². The molecule has 2 saturated heterocycles. The van der Waals surface area contributed by atoms with E-state index in [-0.39, 0.29) is 5.60 Å². The number of rotatable bonds is 7. The van der Waals surface area contributed by atoms with Gasteiger partial charge in [0.2, 0.25) is 0 Å². The summed E-state index contributed by atoms with van der Waals surface area (Å²) in [6.45, 7) is 4.68. The first-order chi connectivity index (χ1) is 11.8. The zero-order chi connectivity index (χ0) is 18.1. The lowest BCUT2D eigenvalue weighted by molar-refractivity contribution is -0.107. The average Bonchev–Trinajstić information content (AvgIpc) is 2.94. The Morgan fingerprint density at radius 3 is 2.84 bits per heavy atom. The van der Waals surface area contributed by atoms with E-state index in [0.29, 0.717) is 38.8 Å². The number of hydrogen-bond donors (Lipinski definition) is 0. The fourth-order valence-electron chi connectivity index (χ4n) is 3.57. The number of aryl methyl sites for hydroxylation is 1. The minimum Gasteiger partial charge on any atom is -0.375 e. The van der Waals surface area contributed by atoms with Crippen molar-refractivity contribution in [3.63, 3.8) is 0 Å². The summed E-state index contributed by atoms with van der Waals surface area (Å²) in [5.74, 6) is 0.339. The first kappa shape index (κ1) is 18.7. The van der Waals surface area contributed by atoms with Crippen LogP contribution in [0.4, 0.5) is 0 Å². The molecule has 8 heteroatoms. The molecule has 3 heterocycles. The zero-order valence-electron chi connectivity index (χ0n) is 15.1. The molecule has 1 atom stereocenters. The molecular weight excluding hydrogens is 342 g/mol. The molecule has 2 fully saturated rings. The van der Waals surface area contributed by atoms with Crippen LogP contribution in [-0.4, -0.2) is 68.0 Å². The third-order valence-corrected chi connectivity index (χ3v) is 6.92. The van der Waals surface area contributed by atoms with Crippen molar-refractivity contribution >= 4 is 10.2 Å². The highest BCUT2D eigenvalue weighted by molar-refractivity contribution is 7.86. The van der Waals surface area contributed by atoms with Gasteiger partial charge < -0.3 is 9.47 Å². The van der Waals surface area contributed by atoms with E-state index in [2.05, 4.69) is 4.98 Å². The molecular formula is C17H27N3O4S. The van der Waals surface area contributed by atoms with Crippen LogP contribution >= 0.6 is 0 Å². The lowest BCUT2D eigenvalue weighted by Crippen LogP contribution is -2.67. The highest BCUT2D eigenvalue weighted by atomic mass is 32.2. The molecule has 1 aromatic rings. The SMILES string of the molecule is Cc1cccc(COCCC2CCOC23CN(S(=O)(=O)N(C)C)C3)n1. The molecule has 0 bridgehead atoms. The fraction of sp³-hybridized carbons (Fsp3) is 0.706. The first-order valence-electron chi connectivity index (χ1n) is 8.65. The molecule has 1 aromatic heterocycles. The average molecular weight is 369 g/mol. The second-order valence-corrected chi connectivity index (χ2v) is 9.21. The van der Waals surface area contributed by atoms with Crippen molar-refractivity contribution in [1.29, 1.82) is 0 Å². The predicted octanol–water partition coefficient (Wildman–Crippen LogP) is 1.19. The van der Waals surface area contributed by atoms with E-state index < -0.39 is 10.2 Å². The Kier molecular flexibility index (Phi) is 5.45. The topological polar surface area (TPSA) is 72.0 Å². The van der Waals surface area contributed by atoms with Gasteiger partial charge in [0, 0.05) is 46.1 Å². The number of ether oxygens (including phenoxy) is 2. The normalized spacial score (nSPS) is 23.3. The smallest absolute Gasteiger partial charge is 0.281 e. The molecule has 2 aliphatic rings. The lowest BCUT2D eigenvalue weighted by Gasteiger charge is -2.49. The molecule has 0 radical (unpaired) electrons. The summed E-state index contributed by atoms with van der Waals surface area (Å²) in [4.78, 5) is 4.42. The van der Waals surface area contributed by atoms with Crippen LogP contribution in [0.1, 0.15) is 24.2 Å². The van der Waals surface area contributed by atoms with Crippen molar-refractivity contribution in [2.45, 2.75) is 32.0 Å². The van der Waals surface area contributed by atoms with Crippen LogP contribution in [0.25, 0.3) is 0 Å². The third-order valence-electron chi connectivity index (χ3n) is 5.08. The molecule has 0 aromatic carbocycles. The summed E-state index contributed by atoms with van der Waals surface area (Å²) in [6, 6.07) is 5.91. The molecule has 0 amide bonds. The number of aromatic nitrogens is 1. The second kappa shape index (κ2) is 7.28. The van der Waals surface area contributed by atoms with Crippen molar-refractivity contribution < 1.29 is 17.9 Å². The molecule has 3 rings (SSSR count). The van der Waals surface area contributed by atoms with E-state index in [9.17, 15) is 8.42 Å². The number of hydrogen-bond acceptors (Lipinski definition) is 5. The van der Waals surface area contributed by atoms with Crippen LogP contribution in [0.15, 0.2) is 18.2 Å². The fourth-order valence-corrected chi connectivity index (χ4v) is 4.79. The summed E-state index contributed by atoms with van der Waals surface area (Å²) in [5, 5.41) is 0. The Morgan fingerprint density at radius 2 is 2.16 bits per heavy atom. The van der Waals surface area contributed by atoms with Crippen molar-refractivity contribution in [2.75, 3.05) is 40.4 Å². The van der Waals surface area contributed by atoms with Crippen molar-refractivity contribution in [3.8, 4) is 0 Å². The Morgan fingerprint density at radius 1 is 1.40 bits per heavy atom. The molecule has 1 spiro atoms. The van der Waals surface area contributed by atoms with Gasteiger partial charge in [-0.05, 0) is 37.8 Å². The van der Waals surface area contributed by atoms with Gasteiger partial charge in [-0.3, -0.25) is 4.98 Å². The molecule has 1 unspecified atom stereocenters. The molecule has 0 aliphatic carbocycles. The standard InChI is InChI=1S/C17H27N3O4S/c1-14-5-4-6-16(18-14)11-23-9-7-15-8-10-24-17(15)12-20(13-17)25(21,22)19(2)3/h4-6,15H,7-13H2,1-3H3. The van der Waals surface area contributed by atoms with Crippen LogP contribution in [0, 0.1) is 12.8 Å². The number of nitrogens with zero attached hydrogens (tertiary/aromatic N) is 3. The molecule has 0 N–H and O–H groups in total.